The molecule has 0 N–H and O–H groups in total. The molecule has 0 aromatic rings. The van der Waals surface area contributed by atoms with Crippen LogP contribution in [0, 0.1) is 5.92 Å². The van der Waals surface area contributed by atoms with E-state index < -0.39 is 5.92 Å². The van der Waals surface area contributed by atoms with E-state index in [2.05, 4.69) is 20.8 Å². The Balaban J connectivity index is 1.78. The Morgan fingerprint density at radius 2 is 1.74 bits per heavy atom. The van der Waals surface area contributed by atoms with Crippen molar-refractivity contribution in [2.75, 3.05) is 38.1 Å². The summed E-state index contributed by atoms with van der Waals surface area (Å²) in [5.74, 6) is -2.64. The third kappa shape index (κ3) is 4.12. The first-order valence-electron chi connectivity index (χ1n) is 6.97. The van der Waals surface area contributed by atoms with Gasteiger partial charge in [-0.05, 0) is 12.8 Å². The second-order valence-electron chi connectivity index (χ2n) is 5.49. The summed E-state index contributed by atoms with van der Waals surface area (Å²) in [6, 6.07) is 0. The second kappa shape index (κ2) is 6.48. The third-order valence-corrected chi connectivity index (χ3v) is 4.51. The summed E-state index contributed by atoms with van der Waals surface area (Å²) in [6.07, 6.45) is 0.417. The molecule has 0 radical (unpaired) electrons. The van der Waals surface area contributed by atoms with Gasteiger partial charge >= 0.3 is 0 Å². The largest absolute Gasteiger partial charge is 0.340 e. The van der Waals surface area contributed by atoms with Crippen LogP contribution in [0.5, 0.6) is 0 Å². The molecule has 0 spiro atoms. The highest BCUT2D eigenvalue weighted by atomic mass is 79.9. The maximum atomic E-state index is 13.1. The second-order valence-corrected chi connectivity index (χ2v) is 6.28. The van der Waals surface area contributed by atoms with Gasteiger partial charge in [-0.15, -0.1) is 0 Å². The Bertz CT molecular complexity index is 310. The van der Waals surface area contributed by atoms with Gasteiger partial charge in [0.25, 0.3) is 0 Å². The number of hydrogen-bond acceptors (Lipinski definition) is 2. The van der Waals surface area contributed by atoms with Gasteiger partial charge in [0.05, 0.1) is 0 Å². The van der Waals surface area contributed by atoms with Gasteiger partial charge in [-0.3, -0.25) is 9.69 Å². The van der Waals surface area contributed by atoms with Crippen molar-refractivity contribution in [3.63, 3.8) is 0 Å². The number of hydrogen-bond donors (Lipinski definition) is 0. The van der Waals surface area contributed by atoms with Crippen LogP contribution in [0.1, 0.15) is 25.7 Å². The van der Waals surface area contributed by atoms with Crippen molar-refractivity contribution in [3.8, 4) is 0 Å². The minimum absolute atomic E-state index is 0.0917. The molecule has 1 heterocycles. The van der Waals surface area contributed by atoms with Crippen molar-refractivity contribution < 1.29 is 13.6 Å². The van der Waals surface area contributed by atoms with E-state index in [9.17, 15) is 13.6 Å². The van der Waals surface area contributed by atoms with Crippen LogP contribution in [0.25, 0.3) is 0 Å². The number of carbonyl (C=O) groups excluding carboxylic acids is 1. The van der Waals surface area contributed by atoms with Crippen LogP contribution in [0.4, 0.5) is 8.78 Å². The van der Waals surface area contributed by atoms with Gasteiger partial charge in [-0.2, -0.15) is 0 Å². The molecule has 0 atom stereocenters. The SMILES string of the molecule is O=C(C1CCC(F)(F)CC1)N1CCN(CCBr)CC1. The van der Waals surface area contributed by atoms with E-state index in [-0.39, 0.29) is 24.7 Å². The van der Waals surface area contributed by atoms with Crippen LogP contribution in [0.3, 0.4) is 0 Å². The number of carbonyl (C=O) groups is 1. The molecule has 1 amide bonds. The Morgan fingerprint density at radius 3 is 2.26 bits per heavy atom. The fraction of sp³-hybridized carbons (Fsp3) is 0.923. The Hall–Kier alpha value is -0.230. The number of piperazine rings is 1. The molecular weight excluding hydrogens is 318 g/mol. The molecule has 1 aliphatic heterocycles. The van der Waals surface area contributed by atoms with E-state index in [1.165, 1.54) is 0 Å². The average molecular weight is 339 g/mol. The topological polar surface area (TPSA) is 23.6 Å². The molecule has 19 heavy (non-hydrogen) atoms. The van der Waals surface area contributed by atoms with Crippen molar-refractivity contribution in [2.45, 2.75) is 31.6 Å². The van der Waals surface area contributed by atoms with Crippen LogP contribution in [-0.4, -0.2) is 59.7 Å². The highest BCUT2D eigenvalue weighted by Crippen LogP contribution is 2.36. The first-order chi connectivity index (χ1) is 9.02. The molecule has 1 saturated carbocycles. The van der Waals surface area contributed by atoms with E-state index in [0.29, 0.717) is 12.8 Å². The van der Waals surface area contributed by atoms with Crippen molar-refractivity contribution in [1.82, 2.24) is 9.80 Å². The van der Waals surface area contributed by atoms with Crippen molar-refractivity contribution in [2.24, 2.45) is 5.92 Å². The van der Waals surface area contributed by atoms with Gasteiger partial charge in [0.15, 0.2) is 0 Å². The summed E-state index contributed by atoms with van der Waals surface area (Å²) in [7, 11) is 0. The van der Waals surface area contributed by atoms with E-state index in [0.717, 1.165) is 38.1 Å². The maximum absolute atomic E-state index is 13.1. The summed E-state index contributed by atoms with van der Waals surface area (Å²) in [5, 5.41) is 0.943. The van der Waals surface area contributed by atoms with Gasteiger partial charge in [-0.25, -0.2) is 8.78 Å². The van der Waals surface area contributed by atoms with E-state index in [1.807, 2.05) is 4.90 Å². The van der Waals surface area contributed by atoms with Crippen LogP contribution in [-0.2, 0) is 4.79 Å². The lowest BCUT2D eigenvalue weighted by Gasteiger charge is -2.37. The monoisotopic (exact) mass is 338 g/mol. The molecule has 2 aliphatic rings. The van der Waals surface area contributed by atoms with E-state index in [1.54, 1.807) is 0 Å². The van der Waals surface area contributed by atoms with Gasteiger partial charge in [0.2, 0.25) is 11.8 Å². The van der Waals surface area contributed by atoms with Crippen molar-refractivity contribution >= 4 is 21.8 Å². The van der Waals surface area contributed by atoms with Gasteiger partial charge in [-0.1, -0.05) is 15.9 Å². The summed E-state index contributed by atoms with van der Waals surface area (Å²) in [6.45, 7) is 4.25. The fourth-order valence-electron chi connectivity index (χ4n) is 2.86. The predicted octanol–water partition coefficient (Wildman–Crippen LogP) is 2.35. The zero-order valence-corrected chi connectivity index (χ0v) is 12.7. The summed E-state index contributed by atoms with van der Waals surface area (Å²) in [5.41, 5.74) is 0. The lowest BCUT2D eigenvalue weighted by Crippen LogP contribution is -2.51. The predicted molar refractivity (Wildman–Crippen MR) is 73.7 cm³/mol. The van der Waals surface area contributed by atoms with Crippen LogP contribution in [0.2, 0.25) is 0 Å². The number of amides is 1. The van der Waals surface area contributed by atoms with Gasteiger partial charge in [0.1, 0.15) is 0 Å². The van der Waals surface area contributed by atoms with Gasteiger partial charge in [0, 0.05) is 56.8 Å². The zero-order chi connectivity index (χ0) is 13.9. The zero-order valence-electron chi connectivity index (χ0n) is 11.1. The lowest BCUT2D eigenvalue weighted by molar-refractivity contribution is -0.141. The van der Waals surface area contributed by atoms with Crippen LogP contribution >= 0.6 is 15.9 Å². The molecule has 6 heteroatoms. The summed E-state index contributed by atoms with van der Waals surface area (Å²) < 4.78 is 26.2. The number of nitrogens with zero attached hydrogens (tertiary/aromatic N) is 2. The van der Waals surface area contributed by atoms with Gasteiger partial charge < -0.3 is 4.90 Å². The quantitative estimate of drug-likeness (QED) is 0.737. The lowest BCUT2D eigenvalue weighted by atomic mass is 9.86. The summed E-state index contributed by atoms with van der Waals surface area (Å²) in [4.78, 5) is 16.5. The fourth-order valence-corrected chi connectivity index (χ4v) is 3.36. The summed E-state index contributed by atoms with van der Waals surface area (Å²) >= 11 is 3.41. The van der Waals surface area contributed by atoms with E-state index >= 15 is 0 Å². The molecule has 3 nitrogen and oxygen atoms in total. The Labute approximate surface area is 121 Å². The Kier molecular flexibility index (Phi) is 5.17. The molecule has 0 unspecified atom stereocenters. The van der Waals surface area contributed by atoms with Crippen molar-refractivity contribution in [1.29, 1.82) is 0 Å². The standard InChI is InChI=1S/C13H21BrF2N2O/c14-5-6-17-7-9-18(10-8-17)12(19)11-1-3-13(15,16)4-2-11/h11H,1-10H2. The van der Waals surface area contributed by atoms with Crippen LogP contribution in [0.15, 0.2) is 0 Å². The maximum Gasteiger partial charge on any atom is 0.248 e. The average Bonchev–Trinajstić information content (AvgIpc) is 2.39. The first-order valence-corrected chi connectivity index (χ1v) is 8.09. The number of alkyl halides is 3. The van der Waals surface area contributed by atoms with E-state index in [4.69, 9.17) is 0 Å². The highest BCUT2D eigenvalue weighted by molar-refractivity contribution is 9.09. The molecule has 0 bridgehead atoms. The molecule has 2 fully saturated rings. The normalized spacial score (nSPS) is 25.5. The molecule has 1 aliphatic carbocycles. The number of rotatable bonds is 3. The molecule has 1 saturated heterocycles. The Morgan fingerprint density at radius 1 is 1.16 bits per heavy atom. The minimum Gasteiger partial charge on any atom is -0.340 e. The smallest absolute Gasteiger partial charge is 0.248 e. The third-order valence-electron chi connectivity index (χ3n) is 4.15. The van der Waals surface area contributed by atoms with Crippen LogP contribution < -0.4 is 0 Å². The number of halogens is 3. The minimum atomic E-state index is -2.55. The molecule has 0 aromatic heterocycles. The molecular formula is C13H21BrF2N2O. The molecule has 0 aromatic carbocycles. The molecule has 2 rings (SSSR count). The molecule has 110 valence electrons. The van der Waals surface area contributed by atoms with Crippen molar-refractivity contribution in [3.05, 3.63) is 0 Å². The first kappa shape index (κ1) is 15.2. The highest BCUT2D eigenvalue weighted by Gasteiger charge is 2.38.